The van der Waals surface area contributed by atoms with Crippen LogP contribution in [0.2, 0.25) is 0 Å². The summed E-state index contributed by atoms with van der Waals surface area (Å²) < 4.78 is 4.96. The van der Waals surface area contributed by atoms with E-state index in [0.717, 1.165) is 25.7 Å². The van der Waals surface area contributed by atoms with E-state index in [9.17, 15) is 9.59 Å². The zero-order chi connectivity index (χ0) is 19.1. The number of hydrogen-bond acceptors (Lipinski definition) is 5. The van der Waals surface area contributed by atoms with Gasteiger partial charge in [0.05, 0.1) is 18.7 Å². The molecule has 2 fully saturated rings. The first-order chi connectivity index (χ1) is 13.2. The van der Waals surface area contributed by atoms with Gasteiger partial charge >= 0.3 is 12.0 Å². The number of carbonyl (C=O) groups excluding carboxylic acids is 2. The molecule has 0 spiro atoms. The van der Waals surface area contributed by atoms with Crippen LogP contribution in [-0.4, -0.2) is 40.6 Å². The molecule has 2 saturated carbocycles. The van der Waals surface area contributed by atoms with Gasteiger partial charge in [-0.05, 0) is 32.6 Å². The lowest BCUT2D eigenvalue weighted by molar-refractivity contribution is -0.142. The number of esters is 1. The summed E-state index contributed by atoms with van der Waals surface area (Å²) in [6.07, 6.45) is 12.0. The highest BCUT2D eigenvalue weighted by atomic mass is 32.1. The molecule has 0 bridgehead atoms. The molecule has 2 aliphatic rings. The van der Waals surface area contributed by atoms with Crippen molar-refractivity contribution in [2.24, 2.45) is 0 Å². The number of carbonyl (C=O) groups is 2. The normalized spacial score (nSPS) is 18.9. The summed E-state index contributed by atoms with van der Waals surface area (Å²) >= 11 is 1.37. The number of anilines is 1. The Hall–Kier alpha value is -1.63. The molecule has 3 rings (SSSR count). The molecule has 1 aromatic rings. The van der Waals surface area contributed by atoms with Crippen LogP contribution in [0.15, 0.2) is 5.38 Å². The van der Waals surface area contributed by atoms with Gasteiger partial charge < -0.3 is 9.64 Å². The summed E-state index contributed by atoms with van der Waals surface area (Å²) in [5.74, 6) is -0.285. The summed E-state index contributed by atoms with van der Waals surface area (Å²) in [6, 6.07) is 0.674. The van der Waals surface area contributed by atoms with E-state index in [4.69, 9.17) is 4.74 Å². The van der Waals surface area contributed by atoms with Crippen molar-refractivity contribution in [1.82, 2.24) is 9.88 Å². The Morgan fingerprint density at radius 1 is 1.11 bits per heavy atom. The van der Waals surface area contributed by atoms with Crippen molar-refractivity contribution in [2.45, 2.75) is 89.6 Å². The third-order valence-electron chi connectivity index (χ3n) is 5.57. The van der Waals surface area contributed by atoms with E-state index in [1.54, 1.807) is 6.92 Å². The van der Waals surface area contributed by atoms with Gasteiger partial charge in [-0.2, -0.15) is 0 Å². The van der Waals surface area contributed by atoms with Crippen molar-refractivity contribution in [2.75, 3.05) is 11.9 Å². The van der Waals surface area contributed by atoms with E-state index in [1.165, 1.54) is 49.9 Å². The average Bonchev–Trinajstić information content (AvgIpc) is 3.10. The van der Waals surface area contributed by atoms with Gasteiger partial charge in [0.25, 0.3) is 0 Å². The van der Waals surface area contributed by atoms with Crippen molar-refractivity contribution in [3.8, 4) is 0 Å². The number of thiazole rings is 1. The molecule has 0 atom stereocenters. The van der Waals surface area contributed by atoms with Gasteiger partial charge in [-0.15, -0.1) is 11.3 Å². The Bertz CT molecular complexity index is 604. The maximum Gasteiger partial charge on any atom is 0.324 e. The molecule has 2 aliphatic carbocycles. The van der Waals surface area contributed by atoms with E-state index < -0.39 is 0 Å². The average molecular weight is 394 g/mol. The Kier molecular flexibility index (Phi) is 7.50. The van der Waals surface area contributed by atoms with Crippen LogP contribution in [0.5, 0.6) is 0 Å². The van der Waals surface area contributed by atoms with Gasteiger partial charge in [0.2, 0.25) is 0 Å². The summed E-state index contributed by atoms with van der Waals surface area (Å²) in [7, 11) is 0. The molecule has 6 nitrogen and oxygen atoms in total. The van der Waals surface area contributed by atoms with Gasteiger partial charge in [0.1, 0.15) is 0 Å². The van der Waals surface area contributed by atoms with Crippen molar-refractivity contribution in [3.05, 3.63) is 11.1 Å². The lowest BCUT2D eigenvalue weighted by Gasteiger charge is -2.41. The topological polar surface area (TPSA) is 71.5 Å². The van der Waals surface area contributed by atoms with Crippen molar-refractivity contribution in [3.63, 3.8) is 0 Å². The van der Waals surface area contributed by atoms with Crippen LogP contribution in [0.4, 0.5) is 9.93 Å². The van der Waals surface area contributed by atoms with Crippen LogP contribution >= 0.6 is 11.3 Å². The number of nitrogens with zero attached hydrogens (tertiary/aromatic N) is 2. The number of hydrogen-bond donors (Lipinski definition) is 1. The summed E-state index contributed by atoms with van der Waals surface area (Å²) in [6.45, 7) is 2.15. The molecular weight excluding hydrogens is 362 g/mol. The SMILES string of the molecule is CCOC(=O)Cc1csc(NC(=O)N(C2CCCCC2)C2CCCCC2)n1. The molecule has 0 saturated heterocycles. The number of urea groups is 1. The third kappa shape index (κ3) is 5.67. The first-order valence-corrected chi connectivity index (χ1v) is 11.2. The molecule has 7 heteroatoms. The molecule has 1 heterocycles. The number of aromatic nitrogens is 1. The molecular formula is C20H31N3O3S. The summed E-state index contributed by atoms with van der Waals surface area (Å²) in [5.41, 5.74) is 0.649. The number of nitrogens with one attached hydrogen (secondary N) is 1. The Morgan fingerprint density at radius 2 is 1.70 bits per heavy atom. The van der Waals surface area contributed by atoms with Gasteiger partial charge in [-0.3, -0.25) is 10.1 Å². The molecule has 1 N–H and O–H groups in total. The van der Waals surface area contributed by atoms with Crippen LogP contribution < -0.4 is 5.32 Å². The molecule has 150 valence electrons. The monoisotopic (exact) mass is 393 g/mol. The van der Waals surface area contributed by atoms with E-state index >= 15 is 0 Å². The number of amides is 2. The molecule has 27 heavy (non-hydrogen) atoms. The largest absolute Gasteiger partial charge is 0.466 e. The minimum atomic E-state index is -0.285. The summed E-state index contributed by atoms with van der Waals surface area (Å²) in [5, 5.41) is 5.39. The second-order valence-corrected chi connectivity index (χ2v) is 8.40. The quantitative estimate of drug-likeness (QED) is 0.708. The highest BCUT2D eigenvalue weighted by Gasteiger charge is 2.32. The van der Waals surface area contributed by atoms with Crippen LogP contribution in [0.1, 0.15) is 76.8 Å². The zero-order valence-corrected chi connectivity index (χ0v) is 17.1. The second-order valence-electron chi connectivity index (χ2n) is 7.55. The maximum absolute atomic E-state index is 13.1. The minimum absolute atomic E-state index is 0.0224. The Morgan fingerprint density at radius 3 is 2.26 bits per heavy atom. The Labute approximate surface area is 165 Å². The van der Waals surface area contributed by atoms with E-state index in [0.29, 0.717) is 29.5 Å². The fraction of sp³-hybridized carbons (Fsp3) is 0.750. The van der Waals surface area contributed by atoms with Crippen molar-refractivity contribution < 1.29 is 14.3 Å². The standard InChI is InChI=1S/C20H31N3O3S/c1-2-26-18(24)13-15-14-27-19(21-15)22-20(25)23(16-9-5-3-6-10-16)17-11-7-4-8-12-17/h14,16-17H,2-13H2,1H3,(H,21,22,25). The lowest BCUT2D eigenvalue weighted by Crippen LogP contribution is -2.50. The molecule has 0 radical (unpaired) electrons. The highest BCUT2D eigenvalue weighted by Crippen LogP contribution is 2.31. The van der Waals surface area contributed by atoms with Gasteiger partial charge in [-0.1, -0.05) is 38.5 Å². The summed E-state index contributed by atoms with van der Waals surface area (Å²) in [4.78, 5) is 31.3. The van der Waals surface area contributed by atoms with Gasteiger partial charge in [-0.25, -0.2) is 9.78 Å². The molecule has 1 aromatic heterocycles. The first-order valence-electron chi connectivity index (χ1n) is 10.4. The fourth-order valence-electron chi connectivity index (χ4n) is 4.31. The van der Waals surface area contributed by atoms with Crippen molar-refractivity contribution in [1.29, 1.82) is 0 Å². The van der Waals surface area contributed by atoms with Gasteiger partial charge in [0, 0.05) is 17.5 Å². The van der Waals surface area contributed by atoms with E-state index in [-0.39, 0.29) is 18.4 Å². The lowest BCUT2D eigenvalue weighted by atomic mass is 9.89. The van der Waals surface area contributed by atoms with Gasteiger partial charge in [0.15, 0.2) is 5.13 Å². The number of rotatable bonds is 6. The van der Waals surface area contributed by atoms with Crippen LogP contribution in [0, 0.1) is 0 Å². The fourth-order valence-corrected chi connectivity index (χ4v) is 5.01. The molecule has 0 aliphatic heterocycles. The Balaban J connectivity index is 1.64. The van der Waals surface area contributed by atoms with Crippen LogP contribution in [-0.2, 0) is 16.0 Å². The van der Waals surface area contributed by atoms with Crippen molar-refractivity contribution >= 4 is 28.5 Å². The predicted molar refractivity (Wildman–Crippen MR) is 107 cm³/mol. The van der Waals surface area contributed by atoms with E-state index in [1.807, 2.05) is 5.38 Å². The molecule has 2 amide bonds. The first kappa shape index (κ1) is 20.1. The predicted octanol–water partition coefficient (Wildman–Crippen LogP) is 4.75. The zero-order valence-electron chi connectivity index (χ0n) is 16.2. The third-order valence-corrected chi connectivity index (χ3v) is 6.37. The second kappa shape index (κ2) is 10.1. The molecule has 0 aromatic carbocycles. The number of ether oxygens (including phenoxy) is 1. The highest BCUT2D eigenvalue weighted by molar-refractivity contribution is 7.13. The smallest absolute Gasteiger partial charge is 0.324 e. The minimum Gasteiger partial charge on any atom is -0.466 e. The maximum atomic E-state index is 13.1. The van der Waals surface area contributed by atoms with E-state index in [2.05, 4.69) is 15.2 Å². The van der Waals surface area contributed by atoms with Crippen LogP contribution in [0.25, 0.3) is 0 Å². The van der Waals surface area contributed by atoms with Crippen LogP contribution in [0.3, 0.4) is 0 Å². The molecule has 0 unspecified atom stereocenters.